The summed E-state index contributed by atoms with van der Waals surface area (Å²) in [4.78, 5) is 27.8. The first-order valence-electron chi connectivity index (χ1n) is 10.5. The van der Waals surface area contributed by atoms with E-state index in [0.717, 1.165) is 0 Å². The van der Waals surface area contributed by atoms with E-state index in [2.05, 4.69) is 5.32 Å². The molecule has 0 aliphatic carbocycles. The maximum atomic E-state index is 13.2. The second-order valence-corrected chi connectivity index (χ2v) is 9.88. The van der Waals surface area contributed by atoms with Gasteiger partial charge in [0.1, 0.15) is 6.04 Å². The third-order valence-electron chi connectivity index (χ3n) is 6.20. The van der Waals surface area contributed by atoms with Gasteiger partial charge in [0.25, 0.3) is 0 Å². The molecule has 0 radical (unpaired) electrons. The molecule has 0 saturated carbocycles. The Balaban J connectivity index is 1.67. The predicted molar refractivity (Wildman–Crippen MR) is 112 cm³/mol. The van der Waals surface area contributed by atoms with E-state index in [-0.39, 0.29) is 29.8 Å². The van der Waals surface area contributed by atoms with Crippen molar-refractivity contribution in [2.75, 3.05) is 39.9 Å². The van der Waals surface area contributed by atoms with E-state index in [9.17, 15) is 18.0 Å². The summed E-state index contributed by atoms with van der Waals surface area (Å²) < 4.78 is 32.2. The van der Waals surface area contributed by atoms with Crippen LogP contribution in [0.3, 0.4) is 0 Å². The molecule has 2 aliphatic heterocycles. The van der Waals surface area contributed by atoms with Crippen molar-refractivity contribution in [3.05, 3.63) is 30.3 Å². The molecule has 2 fully saturated rings. The van der Waals surface area contributed by atoms with Crippen LogP contribution < -0.4 is 5.32 Å². The van der Waals surface area contributed by atoms with E-state index in [1.165, 1.54) is 4.31 Å². The summed E-state index contributed by atoms with van der Waals surface area (Å²) in [6, 6.07) is 7.86. The molecule has 1 spiro atoms. The van der Waals surface area contributed by atoms with Crippen LogP contribution in [0.4, 0.5) is 0 Å². The van der Waals surface area contributed by atoms with Crippen LogP contribution in [0.1, 0.15) is 32.6 Å². The minimum absolute atomic E-state index is 0.0289. The molecule has 1 N–H and O–H groups in total. The summed E-state index contributed by atoms with van der Waals surface area (Å²) in [5.74, 6) is -0.170. The highest BCUT2D eigenvalue weighted by Crippen LogP contribution is 2.45. The topological polar surface area (TPSA) is 96.0 Å². The Kier molecular flexibility index (Phi) is 7.15. The van der Waals surface area contributed by atoms with Gasteiger partial charge in [0.2, 0.25) is 21.8 Å². The molecule has 0 aromatic heterocycles. The van der Waals surface area contributed by atoms with Crippen molar-refractivity contribution in [2.24, 2.45) is 5.41 Å². The number of nitrogens with zero attached hydrogens (tertiary/aromatic N) is 2. The lowest BCUT2D eigenvalue weighted by Crippen LogP contribution is -2.47. The van der Waals surface area contributed by atoms with Crippen molar-refractivity contribution in [1.82, 2.24) is 14.5 Å². The first-order valence-corrected chi connectivity index (χ1v) is 11.9. The highest BCUT2D eigenvalue weighted by atomic mass is 32.2. The molecule has 9 heteroatoms. The summed E-state index contributed by atoms with van der Waals surface area (Å²) in [6.07, 6.45) is 2.02. The first kappa shape index (κ1) is 22.7. The number of carbonyl (C=O) groups is 2. The first-order chi connectivity index (χ1) is 14.4. The van der Waals surface area contributed by atoms with Crippen LogP contribution in [0.25, 0.3) is 0 Å². The number of rotatable bonds is 8. The second-order valence-electron chi connectivity index (χ2n) is 7.95. The molecule has 3 rings (SSSR count). The maximum Gasteiger partial charge on any atom is 0.243 e. The number of ether oxygens (including phenoxy) is 1. The average molecular weight is 438 g/mol. The largest absolute Gasteiger partial charge is 0.385 e. The standard InChI is InChI=1S/C21H31N3O5S/c1-3-24-18(19(25)22-12-7-15-29-2)16-21(20(24)26)10-13-23(14-11-21)30(27,28)17-8-5-4-6-9-17/h4-6,8-9,18H,3,7,10-16H2,1-2H3,(H,22,25)/t18-/m0/s1. The number of methoxy groups -OCH3 is 1. The molecule has 2 saturated heterocycles. The minimum Gasteiger partial charge on any atom is -0.385 e. The van der Waals surface area contributed by atoms with E-state index in [4.69, 9.17) is 4.74 Å². The number of hydrogen-bond donors (Lipinski definition) is 1. The highest BCUT2D eigenvalue weighted by Gasteiger charge is 2.54. The van der Waals surface area contributed by atoms with Gasteiger partial charge in [0.05, 0.1) is 10.3 Å². The SMILES string of the molecule is CCN1C(=O)C2(CCN(S(=O)(=O)c3ccccc3)CC2)C[C@H]1C(=O)NCCCOC. The van der Waals surface area contributed by atoms with Crippen LogP contribution in [0.5, 0.6) is 0 Å². The van der Waals surface area contributed by atoms with Crippen LogP contribution in [0, 0.1) is 5.41 Å². The van der Waals surface area contributed by atoms with Gasteiger partial charge in [0, 0.05) is 39.9 Å². The molecule has 1 aromatic carbocycles. The summed E-state index contributed by atoms with van der Waals surface area (Å²) in [7, 11) is -1.96. The second kappa shape index (κ2) is 9.45. The summed E-state index contributed by atoms with van der Waals surface area (Å²) in [5.41, 5.74) is -0.659. The van der Waals surface area contributed by atoms with Gasteiger partial charge in [-0.1, -0.05) is 18.2 Å². The van der Waals surface area contributed by atoms with Crippen LogP contribution in [0.15, 0.2) is 35.2 Å². The molecule has 0 bridgehead atoms. The Bertz CT molecular complexity index is 851. The number of likely N-dealkylation sites (tertiary alicyclic amines) is 1. The van der Waals surface area contributed by atoms with Crippen molar-refractivity contribution in [2.45, 2.75) is 43.5 Å². The highest BCUT2D eigenvalue weighted by molar-refractivity contribution is 7.89. The molecule has 2 heterocycles. The third kappa shape index (κ3) is 4.38. The van der Waals surface area contributed by atoms with E-state index in [0.29, 0.717) is 45.4 Å². The van der Waals surface area contributed by atoms with E-state index < -0.39 is 21.5 Å². The van der Waals surface area contributed by atoms with Crippen LogP contribution in [-0.4, -0.2) is 75.4 Å². The van der Waals surface area contributed by atoms with Crippen molar-refractivity contribution < 1.29 is 22.7 Å². The van der Waals surface area contributed by atoms with E-state index >= 15 is 0 Å². The zero-order valence-electron chi connectivity index (χ0n) is 17.7. The van der Waals surface area contributed by atoms with Gasteiger partial charge in [-0.2, -0.15) is 4.31 Å². The van der Waals surface area contributed by atoms with Gasteiger partial charge in [0.15, 0.2) is 0 Å². The lowest BCUT2D eigenvalue weighted by Gasteiger charge is -2.37. The number of amides is 2. The number of benzene rings is 1. The number of nitrogens with one attached hydrogen (secondary N) is 1. The Morgan fingerprint density at radius 2 is 1.90 bits per heavy atom. The van der Waals surface area contributed by atoms with Crippen molar-refractivity contribution in [1.29, 1.82) is 0 Å². The molecule has 1 atom stereocenters. The number of likely N-dealkylation sites (N-methyl/N-ethyl adjacent to an activating group) is 1. The molecule has 2 aliphatic rings. The Labute approximate surface area is 178 Å². The van der Waals surface area contributed by atoms with Gasteiger partial charge >= 0.3 is 0 Å². The zero-order chi connectivity index (χ0) is 21.8. The Morgan fingerprint density at radius 3 is 2.50 bits per heavy atom. The third-order valence-corrected chi connectivity index (χ3v) is 8.12. The van der Waals surface area contributed by atoms with Crippen LogP contribution >= 0.6 is 0 Å². The number of carbonyl (C=O) groups excluding carboxylic acids is 2. The molecule has 1 aromatic rings. The summed E-state index contributed by atoms with van der Waals surface area (Å²) in [6.45, 7) is 3.97. The number of hydrogen-bond acceptors (Lipinski definition) is 5. The summed E-state index contributed by atoms with van der Waals surface area (Å²) >= 11 is 0. The smallest absolute Gasteiger partial charge is 0.243 e. The lowest BCUT2D eigenvalue weighted by molar-refractivity contribution is -0.140. The molecule has 2 amide bonds. The fourth-order valence-electron chi connectivity index (χ4n) is 4.47. The van der Waals surface area contributed by atoms with Crippen molar-refractivity contribution in [3.63, 3.8) is 0 Å². The van der Waals surface area contributed by atoms with Crippen LogP contribution in [0.2, 0.25) is 0 Å². The van der Waals surface area contributed by atoms with Gasteiger partial charge in [-0.25, -0.2) is 8.42 Å². The molecule has 166 valence electrons. The molecular weight excluding hydrogens is 406 g/mol. The number of sulfonamides is 1. The Morgan fingerprint density at radius 1 is 1.23 bits per heavy atom. The quantitative estimate of drug-likeness (QED) is 0.617. The molecular formula is C21H31N3O5S. The lowest BCUT2D eigenvalue weighted by atomic mass is 9.76. The normalized spacial score (nSPS) is 21.9. The Hall–Kier alpha value is -1.97. The fourth-order valence-corrected chi connectivity index (χ4v) is 5.93. The minimum atomic E-state index is -3.57. The molecule has 0 unspecified atom stereocenters. The molecule has 30 heavy (non-hydrogen) atoms. The van der Waals surface area contributed by atoms with Crippen molar-refractivity contribution >= 4 is 21.8 Å². The number of piperidine rings is 1. The van der Waals surface area contributed by atoms with E-state index in [1.807, 2.05) is 6.92 Å². The molecule has 8 nitrogen and oxygen atoms in total. The fraction of sp³-hybridized carbons (Fsp3) is 0.619. The van der Waals surface area contributed by atoms with Gasteiger partial charge in [-0.15, -0.1) is 0 Å². The van der Waals surface area contributed by atoms with Gasteiger partial charge < -0.3 is 15.0 Å². The predicted octanol–water partition coefficient (Wildman–Crippen LogP) is 1.23. The van der Waals surface area contributed by atoms with Gasteiger partial charge in [-0.05, 0) is 44.7 Å². The van der Waals surface area contributed by atoms with Crippen LogP contribution in [-0.2, 0) is 24.3 Å². The van der Waals surface area contributed by atoms with Crippen molar-refractivity contribution in [3.8, 4) is 0 Å². The van der Waals surface area contributed by atoms with Gasteiger partial charge in [-0.3, -0.25) is 9.59 Å². The summed E-state index contributed by atoms with van der Waals surface area (Å²) in [5, 5.41) is 2.90. The zero-order valence-corrected chi connectivity index (χ0v) is 18.5. The maximum absolute atomic E-state index is 13.2. The average Bonchev–Trinajstić information content (AvgIpc) is 3.03. The van der Waals surface area contributed by atoms with E-state index in [1.54, 1.807) is 42.3 Å². The monoisotopic (exact) mass is 437 g/mol.